The van der Waals surface area contributed by atoms with Crippen LogP contribution in [0.15, 0.2) is 39.7 Å². The van der Waals surface area contributed by atoms with Crippen LogP contribution >= 0.6 is 35.7 Å². The number of rotatable bonds is 5. The first-order chi connectivity index (χ1) is 12.2. The Balaban J connectivity index is 0.00000243. The van der Waals surface area contributed by atoms with Gasteiger partial charge in [-0.1, -0.05) is 18.2 Å². The van der Waals surface area contributed by atoms with Crippen LogP contribution in [0.25, 0.3) is 11.0 Å². The first-order valence-electron chi connectivity index (χ1n) is 8.74. The quantitative estimate of drug-likeness (QED) is 0.375. The zero-order chi connectivity index (χ0) is 17.7. The van der Waals surface area contributed by atoms with Crippen LogP contribution in [-0.4, -0.2) is 43.8 Å². The van der Waals surface area contributed by atoms with Crippen molar-refractivity contribution in [3.8, 4) is 0 Å². The summed E-state index contributed by atoms with van der Waals surface area (Å²) >= 11 is 1.92. The molecule has 2 aromatic rings. The van der Waals surface area contributed by atoms with Gasteiger partial charge in [0.2, 0.25) is 0 Å². The van der Waals surface area contributed by atoms with E-state index in [9.17, 15) is 0 Å². The second kappa shape index (κ2) is 9.85. The Hall–Kier alpha value is -0.930. The van der Waals surface area contributed by atoms with Crippen molar-refractivity contribution in [1.82, 2.24) is 10.6 Å². The van der Waals surface area contributed by atoms with Gasteiger partial charge in [-0.05, 0) is 38.2 Å². The predicted octanol–water partition coefficient (Wildman–Crippen LogP) is 4.19. The van der Waals surface area contributed by atoms with E-state index in [4.69, 9.17) is 9.15 Å². The van der Waals surface area contributed by atoms with Crippen molar-refractivity contribution in [2.75, 3.05) is 33.1 Å². The van der Waals surface area contributed by atoms with Crippen LogP contribution in [0.2, 0.25) is 0 Å². The number of benzene rings is 1. The van der Waals surface area contributed by atoms with Gasteiger partial charge in [0.25, 0.3) is 0 Å². The van der Waals surface area contributed by atoms with E-state index in [0.29, 0.717) is 0 Å². The zero-order valence-electron chi connectivity index (χ0n) is 15.6. The Morgan fingerprint density at radius 3 is 2.69 bits per heavy atom. The highest BCUT2D eigenvalue weighted by molar-refractivity contribution is 14.0. The third-order valence-corrected chi connectivity index (χ3v) is 6.28. The second-order valence-corrected chi connectivity index (χ2v) is 7.75. The van der Waals surface area contributed by atoms with Gasteiger partial charge in [-0.2, -0.15) is 11.8 Å². The molecule has 1 aromatic heterocycles. The number of halogens is 1. The number of hydrogen-bond donors (Lipinski definition) is 2. The van der Waals surface area contributed by atoms with Gasteiger partial charge in [0.1, 0.15) is 11.3 Å². The summed E-state index contributed by atoms with van der Waals surface area (Å²) in [5.74, 6) is 1.71. The number of ether oxygens (including phenoxy) is 1. The number of thioether (sulfide) groups is 1. The lowest BCUT2D eigenvalue weighted by atomic mass is 9.99. The van der Waals surface area contributed by atoms with Crippen LogP contribution < -0.4 is 10.6 Å². The molecule has 0 bridgehead atoms. The fourth-order valence-electron chi connectivity index (χ4n) is 3.13. The number of guanidine groups is 1. The third kappa shape index (κ3) is 5.07. The number of aliphatic imine (C=N–C) groups is 1. The molecule has 0 amide bonds. The normalized spacial score (nSPS) is 18.2. The number of nitrogens with one attached hydrogen (secondary N) is 2. The number of nitrogens with zero attached hydrogens (tertiary/aromatic N) is 1. The van der Waals surface area contributed by atoms with Gasteiger partial charge in [0.05, 0.1) is 6.04 Å². The largest absolute Gasteiger partial charge is 0.459 e. The molecule has 5 nitrogen and oxygen atoms in total. The number of furan rings is 1. The van der Waals surface area contributed by atoms with Gasteiger partial charge in [-0.25, -0.2) is 0 Å². The molecule has 1 aliphatic rings. The van der Waals surface area contributed by atoms with Gasteiger partial charge in [0, 0.05) is 36.9 Å². The summed E-state index contributed by atoms with van der Waals surface area (Å²) in [6, 6.07) is 10.2. The highest BCUT2D eigenvalue weighted by atomic mass is 127. The number of fused-ring (bicyclic) bond motifs is 1. The maximum Gasteiger partial charge on any atom is 0.191 e. The van der Waals surface area contributed by atoms with Crippen LogP contribution in [-0.2, 0) is 4.74 Å². The Morgan fingerprint density at radius 1 is 1.31 bits per heavy atom. The standard InChI is InChI=1S/C19H27N3O2S.HI/c1-14(17-12-15-6-4-5-7-16(15)24-17)22-18(20-2)21-13-19(25-3)8-10-23-11-9-19;/h4-7,12,14H,8-11,13H2,1-3H3,(H2,20,21,22);1H. The minimum Gasteiger partial charge on any atom is -0.459 e. The summed E-state index contributed by atoms with van der Waals surface area (Å²) in [7, 11) is 1.80. The molecule has 3 rings (SSSR count). The molecule has 2 N–H and O–H groups in total. The minimum atomic E-state index is 0. The van der Waals surface area contributed by atoms with E-state index in [2.05, 4.69) is 40.9 Å². The van der Waals surface area contributed by atoms with Gasteiger partial charge in [-0.3, -0.25) is 4.99 Å². The van der Waals surface area contributed by atoms with E-state index in [1.165, 1.54) is 0 Å². The maximum absolute atomic E-state index is 5.94. The summed E-state index contributed by atoms with van der Waals surface area (Å²) in [5, 5.41) is 8.04. The molecule has 0 aliphatic carbocycles. The van der Waals surface area contributed by atoms with Crippen molar-refractivity contribution >= 4 is 52.7 Å². The van der Waals surface area contributed by atoms with E-state index in [0.717, 1.165) is 55.3 Å². The molecule has 1 atom stereocenters. The molecule has 26 heavy (non-hydrogen) atoms. The zero-order valence-corrected chi connectivity index (χ0v) is 18.7. The van der Waals surface area contributed by atoms with Crippen molar-refractivity contribution < 1.29 is 9.15 Å². The van der Waals surface area contributed by atoms with Crippen LogP contribution in [0.5, 0.6) is 0 Å². The fourth-order valence-corrected chi connectivity index (χ4v) is 3.92. The molecule has 144 valence electrons. The van der Waals surface area contributed by atoms with Crippen molar-refractivity contribution in [2.45, 2.75) is 30.6 Å². The molecule has 1 aliphatic heterocycles. The van der Waals surface area contributed by atoms with E-state index >= 15 is 0 Å². The number of para-hydroxylation sites is 1. The van der Waals surface area contributed by atoms with Crippen LogP contribution in [0.4, 0.5) is 0 Å². The van der Waals surface area contributed by atoms with E-state index < -0.39 is 0 Å². The Labute approximate surface area is 176 Å². The van der Waals surface area contributed by atoms with E-state index in [-0.39, 0.29) is 34.8 Å². The summed E-state index contributed by atoms with van der Waals surface area (Å²) in [6.07, 6.45) is 4.31. The maximum atomic E-state index is 5.94. The topological polar surface area (TPSA) is 58.8 Å². The lowest BCUT2D eigenvalue weighted by Gasteiger charge is -2.36. The van der Waals surface area contributed by atoms with Crippen molar-refractivity contribution in [3.05, 3.63) is 36.1 Å². The van der Waals surface area contributed by atoms with Crippen molar-refractivity contribution in [2.24, 2.45) is 4.99 Å². The van der Waals surface area contributed by atoms with Crippen molar-refractivity contribution in [3.63, 3.8) is 0 Å². The Morgan fingerprint density at radius 2 is 2.04 bits per heavy atom. The molecule has 1 unspecified atom stereocenters. The van der Waals surface area contributed by atoms with Crippen LogP contribution in [0.3, 0.4) is 0 Å². The van der Waals surface area contributed by atoms with E-state index in [1.54, 1.807) is 7.05 Å². The third-order valence-electron chi connectivity index (χ3n) is 4.86. The molecular formula is C19H28IN3O2S. The summed E-state index contributed by atoms with van der Waals surface area (Å²) < 4.78 is 11.7. The molecule has 0 radical (unpaired) electrons. The molecule has 1 aromatic carbocycles. The van der Waals surface area contributed by atoms with Crippen LogP contribution in [0, 0.1) is 0 Å². The average Bonchev–Trinajstić information content (AvgIpc) is 3.10. The lowest BCUT2D eigenvalue weighted by molar-refractivity contribution is 0.0782. The molecule has 0 spiro atoms. The molecule has 1 fully saturated rings. The molecule has 2 heterocycles. The average molecular weight is 489 g/mol. The molecule has 0 saturated carbocycles. The van der Waals surface area contributed by atoms with E-state index in [1.807, 2.05) is 30.0 Å². The van der Waals surface area contributed by atoms with Gasteiger partial charge in [-0.15, -0.1) is 24.0 Å². The monoisotopic (exact) mass is 489 g/mol. The smallest absolute Gasteiger partial charge is 0.191 e. The highest BCUT2D eigenvalue weighted by Crippen LogP contribution is 2.33. The van der Waals surface area contributed by atoms with Crippen LogP contribution in [0.1, 0.15) is 31.6 Å². The van der Waals surface area contributed by atoms with Gasteiger partial charge < -0.3 is 19.8 Å². The molecule has 7 heteroatoms. The first kappa shape index (κ1) is 21.4. The minimum absolute atomic E-state index is 0. The van der Waals surface area contributed by atoms with Crippen molar-refractivity contribution in [1.29, 1.82) is 0 Å². The van der Waals surface area contributed by atoms with Gasteiger partial charge >= 0.3 is 0 Å². The Bertz CT molecular complexity index is 695. The summed E-state index contributed by atoms with van der Waals surface area (Å²) in [5.41, 5.74) is 0.914. The first-order valence-corrected chi connectivity index (χ1v) is 9.97. The Kier molecular flexibility index (Phi) is 8.09. The second-order valence-electron chi connectivity index (χ2n) is 6.48. The SMILES string of the molecule is CN=C(NCC1(SC)CCOCC1)NC(C)c1cc2ccccc2o1.I. The molecular weight excluding hydrogens is 461 g/mol. The lowest BCUT2D eigenvalue weighted by Crippen LogP contribution is -2.48. The molecule has 1 saturated heterocycles. The summed E-state index contributed by atoms with van der Waals surface area (Å²) in [6.45, 7) is 4.64. The van der Waals surface area contributed by atoms with Gasteiger partial charge in [0.15, 0.2) is 5.96 Å². The number of hydrogen-bond acceptors (Lipinski definition) is 4. The predicted molar refractivity (Wildman–Crippen MR) is 121 cm³/mol. The fraction of sp³-hybridized carbons (Fsp3) is 0.526. The highest BCUT2D eigenvalue weighted by Gasteiger charge is 2.32. The summed E-state index contributed by atoms with van der Waals surface area (Å²) in [4.78, 5) is 4.37.